The van der Waals surface area contributed by atoms with Gasteiger partial charge in [-0.3, -0.25) is 4.90 Å². The first kappa shape index (κ1) is 14.3. The molecule has 19 heavy (non-hydrogen) atoms. The molecule has 0 amide bonds. The Hall–Kier alpha value is -1.13. The van der Waals surface area contributed by atoms with Crippen molar-refractivity contribution in [2.24, 2.45) is 5.73 Å². The third-order valence-electron chi connectivity index (χ3n) is 3.51. The van der Waals surface area contributed by atoms with Crippen molar-refractivity contribution in [2.75, 3.05) is 26.2 Å². The summed E-state index contributed by atoms with van der Waals surface area (Å²) < 4.78 is 5.79. The average Bonchev–Trinajstić information content (AvgIpc) is 2.92. The van der Waals surface area contributed by atoms with Crippen molar-refractivity contribution in [3.63, 3.8) is 0 Å². The Morgan fingerprint density at radius 2 is 2.11 bits per heavy atom. The van der Waals surface area contributed by atoms with Gasteiger partial charge in [-0.2, -0.15) is 0 Å². The smallest absolute Gasteiger partial charge is 0.213 e. The van der Waals surface area contributed by atoms with E-state index in [2.05, 4.69) is 22.9 Å². The third-order valence-corrected chi connectivity index (χ3v) is 3.51. The monoisotopic (exact) mass is 263 g/mol. The highest BCUT2D eigenvalue weighted by molar-refractivity contribution is 5.25. The molecule has 1 aromatic rings. The van der Waals surface area contributed by atoms with Crippen molar-refractivity contribution >= 4 is 0 Å². The van der Waals surface area contributed by atoms with Crippen LogP contribution in [0.2, 0.25) is 0 Å². The van der Waals surface area contributed by atoms with Gasteiger partial charge in [0.25, 0.3) is 0 Å². The molecule has 0 atom stereocenters. The van der Waals surface area contributed by atoms with Crippen molar-refractivity contribution < 1.29 is 4.74 Å². The van der Waals surface area contributed by atoms with Crippen LogP contribution in [0.3, 0.4) is 0 Å². The third kappa shape index (κ3) is 4.48. The highest BCUT2D eigenvalue weighted by Gasteiger charge is 2.11. The minimum atomic E-state index is 0.543. The fourth-order valence-electron chi connectivity index (χ4n) is 2.48. The molecule has 4 nitrogen and oxygen atoms in total. The lowest BCUT2D eigenvalue weighted by Gasteiger charge is -2.15. The molecule has 0 saturated carbocycles. The van der Waals surface area contributed by atoms with E-state index in [-0.39, 0.29) is 0 Å². The Labute approximate surface area is 116 Å². The minimum Gasteiger partial charge on any atom is -0.476 e. The van der Waals surface area contributed by atoms with E-state index in [9.17, 15) is 0 Å². The van der Waals surface area contributed by atoms with Gasteiger partial charge in [-0.25, -0.2) is 4.98 Å². The normalized spacial score (nSPS) is 15.9. The van der Waals surface area contributed by atoms with Crippen LogP contribution in [0, 0.1) is 0 Å². The number of hydrogen-bond donors (Lipinski definition) is 1. The zero-order chi connectivity index (χ0) is 13.5. The quantitative estimate of drug-likeness (QED) is 0.817. The first-order valence-corrected chi connectivity index (χ1v) is 7.37. The lowest BCUT2D eigenvalue weighted by Crippen LogP contribution is -2.25. The van der Waals surface area contributed by atoms with E-state index in [1.807, 2.05) is 6.07 Å². The summed E-state index contributed by atoms with van der Waals surface area (Å²) in [4.78, 5) is 6.98. The molecule has 1 aliphatic rings. The fourth-order valence-corrected chi connectivity index (χ4v) is 2.48. The van der Waals surface area contributed by atoms with Crippen LogP contribution < -0.4 is 10.5 Å². The van der Waals surface area contributed by atoms with E-state index >= 15 is 0 Å². The molecule has 1 aliphatic heterocycles. The average molecular weight is 263 g/mol. The lowest BCUT2D eigenvalue weighted by molar-refractivity contribution is 0.231. The largest absolute Gasteiger partial charge is 0.476 e. The van der Waals surface area contributed by atoms with Gasteiger partial charge in [0.15, 0.2) is 0 Å². The van der Waals surface area contributed by atoms with E-state index in [0.29, 0.717) is 13.2 Å². The molecule has 1 saturated heterocycles. The number of pyridine rings is 1. The molecular weight excluding hydrogens is 238 g/mol. The van der Waals surface area contributed by atoms with E-state index in [1.165, 1.54) is 25.9 Å². The second kappa shape index (κ2) is 7.46. The Balaban J connectivity index is 1.88. The summed E-state index contributed by atoms with van der Waals surface area (Å²) in [7, 11) is 0. The van der Waals surface area contributed by atoms with Crippen LogP contribution >= 0.6 is 0 Å². The van der Waals surface area contributed by atoms with Crippen LogP contribution in [0.5, 0.6) is 5.88 Å². The summed E-state index contributed by atoms with van der Waals surface area (Å²) in [5.41, 5.74) is 7.91. The van der Waals surface area contributed by atoms with Crippen LogP contribution in [0.1, 0.15) is 37.4 Å². The first-order valence-electron chi connectivity index (χ1n) is 7.37. The number of aromatic nitrogens is 1. The van der Waals surface area contributed by atoms with Crippen LogP contribution in [0.25, 0.3) is 0 Å². The van der Waals surface area contributed by atoms with Gasteiger partial charge in [0.05, 0.1) is 0 Å². The van der Waals surface area contributed by atoms with Crippen molar-refractivity contribution in [3.8, 4) is 5.88 Å². The van der Waals surface area contributed by atoms with Crippen LogP contribution in [0.4, 0.5) is 0 Å². The van der Waals surface area contributed by atoms with Gasteiger partial charge >= 0.3 is 0 Å². The SMILES string of the molecule is CCCc1cc(CN)cc(OCCN2CCCC2)n1. The number of nitrogens with zero attached hydrogens (tertiary/aromatic N) is 2. The van der Waals surface area contributed by atoms with Gasteiger partial charge in [0.1, 0.15) is 6.61 Å². The van der Waals surface area contributed by atoms with Gasteiger partial charge in [-0.15, -0.1) is 0 Å². The Morgan fingerprint density at radius 3 is 2.79 bits per heavy atom. The molecule has 0 bridgehead atoms. The molecule has 0 aliphatic carbocycles. The maximum Gasteiger partial charge on any atom is 0.213 e. The van der Waals surface area contributed by atoms with Gasteiger partial charge in [0.2, 0.25) is 5.88 Å². The standard InChI is InChI=1S/C15H25N3O/c1-2-5-14-10-13(12-16)11-15(17-14)19-9-8-18-6-3-4-7-18/h10-11H,2-9,12,16H2,1H3. The fraction of sp³-hybridized carbons (Fsp3) is 0.667. The molecule has 4 heteroatoms. The molecule has 0 radical (unpaired) electrons. The first-order chi connectivity index (χ1) is 9.31. The van der Waals surface area contributed by atoms with Crippen molar-refractivity contribution in [3.05, 3.63) is 23.4 Å². The lowest BCUT2D eigenvalue weighted by atomic mass is 10.1. The number of nitrogens with two attached hydrogens (primary N) is 1. The van der Waals surface area contributed by atoms with E-state index < -0.39 is 0 Å². The molecule has 106 valence electrons. The number of rotatable bonds is 7. The number of likely N-dealkylation sites (tertiary alicyclic amines) is 1. The molecule has 0 unspecified atom stereocenters. The van der Waals surface area contributed by atoms with Gasteiger partial charge in [0, 0.05) is 24.8 Å². The van der Waals surface area contributed by atoms with Crippen LogP contribution in [-0.2, 0) is 13.0 Å². The number of aryl methyl sites for hydroxylation is 1. The topological polar surface area (TPSA) is 51.4 Å². The van der Waals surface area contributed by atoms with Crippen molar-refractivity contribution in [2.45, 2.75) is 39.2 Å². The Bertz CT molecular complexity index is 389. The van der Waals surface area contributed by atoms with Crippen molar-refractivity contribution in [1.82, 2.24) is 9.88 Å². The summed E-state index contributed by atoms with van der Waals surface area (Å²) in [6.45, 7) is 6.83. The zero-order valence-corrected chi connectivity index (χ0v) is 11.9. The summed E-state index contributed by atoms with van der Waals surface area (Å²) in [6.07, 6.45) is 4.72. The number of hydrogen-bond acceptors (Lipinski definition) is 4. The molecule has 2 rings (SSSR count). The highest BCUT2D eigenvalue weighted by atomic mass is 16.5. The van der Waals surface area contributed by atoms with Gasteiger partial charge in [-0.1, -0.05) is 13.3 Å². The maximum atomic E-state index is 5.79. The molecular formula is C15H25N3O. The number of ether oxygens (including phenoxy) is 1. The molecule has 1 aromatic heterocycles. The van der Waals surface area contributed by atoms with Crippen LogP contribution in [-0.4, -0.2) is 36.1 Å². The second-order valence-electron chi connectivity index (χ2n) is 5.16. The van der Waals surface area contributed by atoms with E-state index in [0.717, 1.165) is 36.5 Å². The maximum absolute atomic E-state index is 5.79. The highest BCUT2D eigenvalue weighted by Crippen LogP contribution is 2.14. The molecule has 0 spiro atoms. The predicted molar refractivity (Wildman–Crippen MR) is 77.3 cm³/mol. The van der Waals surface area contributed by atoms with E-state index in [4.69, 9.17) is 10.5 Å². The van der Waals surface area contributed by atoms with E-state index in [1.54, 1.807) is 0 Å². The molecule has 2 N–H and O–H groups in total. The predicted octanol–water partition coefficient (Wildman–Crippen LogP) is 1.97. The zero-order valence-electron chi connectivity index (χ0n) is 11.9. The Morgan fingerprint density at radius 1 is 1.32 bits per heavy atom. The Kier molecular flexibility index (Phi) is 5.61. The minimum absolute atomic E-state index is 0.543. The second-order valence-corrected chi connectivity index (χ2v) is 5.16. The summed E-state index contributed by atoms with van der Waals surface area (Å²) in [5.74, 6) is 0.727. The molecule has 1 fully saturated rings. The van der Waals surface area contributed by atoms with Crippen molar-refractivity contribution in [1.29, 1.82) is 0 Å². The molecule has 0 aromatic carbocycles. The summed E-state index contributed by atoms with van der Waals surface area (Å²) in [6, 6.07) is 4.04. The van der Waals surface area contributed by atoms with Gasteiger partial charge in [-0.05, 0) is 44.0 Å². The summed E-state index contributed by atoms with van der Waals surface area (Å²) in [5, 5.41) is 0. The molecule has 2 heterocycles. The van der Waals surface area contributed by atoms with Gasteiger partial charge < -0.3 is 10.5 Å². The van der Waals surface area contributed by atoms with Crippen LogP contribution in [0.15, 0.2) is 12.1 Å². The summed E-state index contributed by atoms with van der Waals surface area (Å²) >= 11 is 0.